The zero-order chi connectivity index (χ0) is 10.9. The van der Waals surface area contributed by atoms with E-state index in [4.69, 9.17) is 0 Å². The summed E-state index contributed by atoms with van der Waals surface area (Å²) in [5.41, 5.74) is -0.986. The lowest BCUT2D eigenvalue weighted by molar-refractivity contribution is -0.123. The number of hydrogen-bond donors (Lipinski definition) is 2. The molecule has 14 heavy (non-hydrogen) atoms. The predicted octanol–water partition coefficient (Wildman–Crippen LogP) is 1.13. The lowest BCUT2D eigenvalue weighted by Gasteiger charge is -2.29. The Kier molecular flexibility index (Phi) is 2.73. The van der Waals surface area contributed by atoms with Crippen LogP contribution in [0.25, 0.3) is 0 Å². The maximum absolute atomic E-state index is 12.2. The number of amides is 1. The molecular formula is C8H11F3N2O. The Labute approximate surface area is 79.4 Å². The van der Waals surface area contributed by atoms with Gasteiger partial charge in [-0.2, -0.15) is 13.2 Å². The van der Waals surface area contributed by atoms with Crippen molar-refractivity contribution >= 4 is 5.91 Å². The van der Waals surface area contributed by atoms with Crippen LogP contribution < -0.4 is 10.6 Å². The van der Waals surface area contributed by atoms with E-state index in [1.807, 2.05) is 0 Å². The lowest BCUT2D eigenvalue weighted by atomic mass is 10.1. The van der Waals surface area contributed by atoms with Crippen LogP contribution in [0.5, 0.6) is 0 Å². The van der Waals surface area contributed by atoms with Gasteiger partial charge in [-0.25, -0.2) is 0 Å². The van der Waals surface area contributed by atoms with Gasteiger partial charge in [0.2, 0.25) is 5.91 Å². The maximum Gasteiger partial charge on any atom is 0.431 e. The second-order valence-electron chi connectivity index (χ2n) is 3.43. The average Bonchev–Trinajstić information content (AvgIpc) is 2.01. The zero-order valence-corrected chi connectivity index (χ0v) is 7.77. The molecule has 1 amide bonds. The van der Waals surface area contributed by atoms with Crippen LogP contribution in [0.4, 0.5) is 13.2 Å². The Bertz CT molecular complexity index is 270. The molecule has 0 saturated heterocycles. The number of rotatable bonds is 1. The molecule has 1 rings (SSSR count). The van der Waals surface area contributed by atoms with E-state index in [-0.39, 0.29) is 5.92 Å². The normalized spacial score (nSPS) is 22.9. The molecule has 80 valence electrons. The molecule has 1 heterocycles. The number of nitrogens with one attached hydrogen (secondary N) is 2. The molecule has 0 aliphatic carbocycles. The minimum atomic E-state index is -4.50. The fourth-order valence-corrected chi connectivity index (χ4v) is 1.07. The third-order valence-electron chi connectivity index (χ3n) is 1.86. The van der Waals surface area contributed by atoms with Crippen molar-refractivity contribution in [2.75, 3.05) is 0 Å². The predicted molar refractivity (Wildman–Crippen MR) is 44.0 cm³/mol. The van der Waals surface area contributed by atoms with Gasteiger partial charge in [0.05, 0.1) is 0 Å². The summed E-state index contributed by atoms with van der Waals surface area (Å²) in [6, 6.07) is 0. The number of allylic oxidation sites excluding steroid dienone is 1. The molecule has 0 aromatic rings. The Hall–Kier alpha value is -1.20. The van der Waals surface area contributed by atoms with Crippen LogP contribution in [0.1, 0.15) is 13.8 Å². The summed E-state index contributed by atoms with van der Waals surface area (Å²) in [7, 11) is 0. The molecule has 1 aliphatic rings. The third kappa shape index (κ3) is 2.40. The first kappa shape index (κ1) is 10.9. The van der Waals surface area contributed by atoms with Crippen LogP contribution in [0, 0.1) is 5.92 Å². The number of hydrogen-bond acceptors (Lipinski definition) is 2. The van der Waals surface area contributed by atoms with Gasteiger partial charge < -0.3 is 10.6 Å². The summed E-state index contributed by atoms with van der Waals surface area (Å²) < 4.78 is 36.7. The highest BCUT2D eigenvalue weighted by Crippen LogP contribution is 2.25. The van der Waals surface area contributed by atoms with E-state index in [9.17, 15) is 18.0 Å². The van der Waals surface area contributed by atoms with E-state index >= 15 is 0 Å². The standard InChI is InChI=1S/C8H11F3N2O/c1-4(2)7-12-5(8(9,10)11)3-6(14)13-7/h3-4,7,12H,1-2H3,(H,13,14). The molecule has 0 bridgehead atoms. The van der Waals surface area contributed by atoms with Gasteiger partial charge >= 0.3 is 6.18 Å². The first-order valence-corrected chi connectivity index (χ1v) is 4.16. The van der Waals surface area contributed by atoms with Crippen LogP contribution in [0.15, 0.2) is 11.8 Å². The SMILES string of the molecule is CC(C)C1NC(=O)C=C(C(F)(F)F)N1. The van der Waals surface area contributed by atoms with Crippen molar-refractivity contribution in [1.82, 2.24) is 10.6 Å². The highest BCUT2D eigenvalue weighted by atomic mass is 19.4. The summed E-state index contributed by atoms with van der Waals surface area (Å²) in [5.74, 6) is -0.820. The topological polar surface area (TPSA) is 41.1 Å². The maximum atomic E-state index is 12.2. The molecule has 0 fully saturated rings. The van der Waals surface area contributed by atoms with E-state index in [1.165, 1.54) is 0 Å². The molecular weight excluding hydrogens is 197 g/mol. The van der Waals surface area contributed by atoms with Crippen LogP contribution in [0.3, 0.4) is 0 Å². The average molecular weight is 208 g/mol. The van der Waals surface area contributed by atoms with Crippen LogP contribution in [0.2, 0.25) is 0 Å². The largest absolute Gasteiger partial charge is 0.431 e. The number of alkyl halides is 3. The Morgan fingerprint density at radius 2 is 1.93 bits per heavy atom. The highest BCUT2D eigenvalue weighted by Gasteiger charge is 2.38. The van der Waals surface area contributed by atoms with E-state index in [0.717, 1.165) is 0 Å². The van der Waals surface area contributed by atoms with Gasteiger partial charge in [0.1, 0.15) is 11.9 Å². The highest BCUT2D eigenvalue weighted by molar-refractivity contribution is 5.89. The van der Waals surface area contributed by atoms with Crippen molar-refractivity contribution in [3.63, 3.8) is 0 Å². The first-order chi connectivity index (χ1) is 6.30. The first-order valence-electron chi connectivity index (χ1n) is 4.16. The summed E-state index contributed by atoms with van der Waals surface area (Å²) in [4.78, 5) is 10.9. The van der Waals surface area contributed by atoms with Crippen molar-refractivity contribution in [3.8, 4) is 0 Å². The number of halogens is 3. The molecule has 0 radical (unpaired) electrons. The van der Waals surface area contributed by atoms with E-state index in [2.05, 4.69) is 10.6 Å². The molecule has 0 saturated carbocycles. The number of carbonyl (C=O) groups is 1. The smallest absolute Gasteiger partial charge is 0.361 e. The molecule has 2 N–H and O–H groups in total. The van der Waals surface area contributed by atoms with Gasteiger partial charge in [0.15, 0.2) is 0 Å². The summed E-state index contributed by atoms with van der Waals surface area (Å²) in [6.45, 7) is 3.44. The second-order valence-corrected chi connectivity index (χ2v) is 3.43. The molecule has 0 aromatic heterocycles. The van der Waals surface area contributed by atoms with E-state index in [1.54, 1.807) is 13.8 Å². The van der Waals surface area contributed by atoms with E-state index < -0.39 is 23.9 Å². The Balaban J connectivity index is 2.84. The van der Waals surface area contributed by atoms with Crippen LogP contribution in [-0.2, 0) is 4.79 Å². The van der Waals surface area contributed by atoms with Gasteiger partial charge in [-0.1, -0.05) is 13.8 Å². The molecule has 1 atom stereocenters. The zero-order valence-electron chi connectivity index (χ0n) is 7.77. The van der Waals surface area contributed by atoms with Gasteiger partial charge in [-0.05, 0) is 5.92 Å². The third-order valence-corrected chi connectivity index (χ3v) is 1.86. The van der Waals surface area contributed by atoms with Crippen molar-refractivity contribution in [1.29, 1.82) is 0 Å². The minimum absolute atomic E-state index is 0.106. The van der Waals surface area contributed by atoms with Crippen LogP contribution in [-0.4, -0.2) is 18.2 Å². The second kappa shape index (κ2) is 3.51. The molecule has 3 nitrogen and oxygen atoms in total. The summed E-state index contributed by atoms with van der Waals surface area (Å²) in [6.07, 6.45) is -4.63. The van der Waals surface area contributed by atoms with E-state index in [0.29, 0.717) is 6.08 Å². The minimum Gasteiger partial charge on any atom is -0.361 e. The van der Waals surface area contributed by atoms with Crippen molar-refractivity contribution in [2.45, 2.75) is 26.2 Å². The molecule has 6 heteroatoms. The van der Waals surface area contributed by atoms with Gasteiger partial charge in [0.25, 0.3) is 0 Å². The monoisotopic (exact) mass is 208 g/mol. The fraction of sp³-hybridized carbons (Fsp3) is 0.625. The molecule has 1 aliphatic heterocycles. The van der Waals surface area contributed by atoms with Crippen molar-refractivity contribution < 1.29 is 18.0 Å². The van der Waals surface area contributed by atoms with Crippen molar-refractivity contribution in [2.24, 2.45) is 5.92 Å². The Morgan fingerprint density at radius 1 is 1.36 bits per heavy atom. The van der Waals surface area contributed by atoms with Gasteiger partial charge in [-0.3, -0.25) is 4.79 Å². The summed E-state index contributed by atoms with van der Waals surface area (Å²) >= 11 is 0. The summed E-state index contributed by atoms with van der Waals surface area (Å²) in [5, 5.41) is 4.62. The van der Waals surface area contributed by atoms with Crippen LogP contribution >= 0.6 is 0 Å². The molecule has 0 spiro atoms. The quantitative estimate of drug-likeness (QED) is 0.678. The fourth-order valence-electron chi connectivity index (χ4n) is 1.07. The van der Waals surface area contributed by atoms with Gasteiger partial charge in [0, 0.05) is 6.08 Å². The lowest BCUT2D eigenvalue weighted by Crippen LogP contribution is -2.53. The van der Waals surface area contributed by atoms with Crippen molar-refractivity contribution in [3.05, 3.63) is 11.8 Å². The molecule has 1 unspecified atom stereocenters. The molecule has 0 aromatic carbocycles. The van der Waals surface area contributed by atoms with Gasteiger partial charge in [-0.15, -0.1) is 0 Å². The Morgan fingerprint density at radius 3 is 2.36 bits per heavy atom. The number of carbonyl (C=O) groups excluding carboxylic acids is 1.